The van der Waals surface area contributed by atoms with Crippen molar-refractivity contribution in [3.8, 4) is 0 Å². The van der Waals surface area contributed by atoms with E-state index in [1.165, 1.54) is 0 Å². The maximum Gasteiger partial charge on any atom is 0.240 e. The lowest BCUT2D eigenvalue weighted by Crippen LogP contribution is -2.23. The van der Waals surface area contributed by atoms with Crippen molar-refractivity contribution >= 4 is 33.8 Å². The maximum absolute atomic E-state index is 12.6. The fourth-order valence-corrected chi connectivity index (χ4v) is 4.14. The van der Waals surface area contributed by atoms with E-state index in [1.54, 1.807) is 43.3 Å². The normalized spacial score (nSPS) is 14.1. The lowest BCUT2D eigenvalue weighted by atomic mass is 10.2. The molecule has 0 spiro atoms. The van der Waals surface area contributed by atoms with Crippen LogP contribution in [0.4, 0.5) is 5.69 Å². The summed E-state index contributed by atoms with van der Waals surface area (Å²) in [7, 11) is -3.62. The molecule has 0 saturated heterocycles. The van der Waals surface area contributed by atoms with Gasteiger partial charge in [-0.1, -0.05) is 53.2 Å². The van der Waals surface area contributed by atoms with E-state index in [9.17, 15) is 13.2 Å². The number of aryl methyl sites for hydroxylation is 2. The van der Waals surface area contributed by atoms with Crippen LogP contribution in [0.25, 0.3) is 12.2 Å². The van der Waals surface area contributed by atoms with E-state index in [4.69, 9.17) is 4.52 Å². The van der Waals surface area contributed by atoms with E-state index in [0.717, 1.165) is 29.5 Å². The van der Waals surface area contributed by atoms with Gasteiger partial charge >= 0.3 is 0 Å². The molecule has 0 aliphatic heterocycles. The van der Waals surface area contributed by atoms with Crippen LogP contribution in [0.3, 0.4) is 0 Å². The van der Waals surface area contributed by atoms with E-state index in [2.05, 4.69) is 15.2 Å². The largest absolute Gasteiger partial charge is 0.354 e. The molecular weight excluding hydrogens is 426 g/mol. The number of nitrogens with zero attached hydrogens (tertiary/aromatic N) is 1. The Kier molecular flexibility index (Phi) is 6.25. The molecule has 1 aliphatic carbocycles. The summed E-state index contributed by atoms with van der Waals surface area (Å²) in [4.78, 5) is 12.3. The fourth-order valence-electron chi connectivity index (χ4n) is 3.12. The van der Waals surface area contributed by atoms with Crippen LogP contribution >= 0.6 is 0 Å². The first-order chi connectivity index (χ1) is 15.3. The summed E-state index contributed by atoms with van der Waals surface area (Å²) < 4.78 is 33.1. The SMILES string of the molecule is Cc1ccc(CNS(=O)(=O)c2ccc(/C=C\c3onc(C)c3NC(=O)C3CC3)cc2)cc1. The lowest BCUT2D eigenvalue weighted by molar-refractivity contribution is -0.117. The van der Waals surface area contributed by atoms with Crippen molar-refractivity contribution in [2.45, 2.75) is 38.1 Å². The molecule has 7 nitrogen and oxygen atoms in total. The highest BCUT2D eigenvalue weighted by Crippen LogP contribution is 2.32. The molecule has 1 aromatic heterocycles. The first-order valence-electron chi connectivity index (χ1n) is 10.4. The van der Waals surface area contributed by atoms with Gasteiger partial charge in [0.15, 0.2) is 5.76 Å². The third kappa shape index (κ3) is 5.33. The summed E-state index contributed by atoms with van der Waals surface area (Å²) in [6.07, 6.45) is 5.32. The molecule has 32 heavy (non-hydrogen) atoms. The Balaban J connectivity index is 1.42. The Morgan fingerprint density at radius 1 is 1.06 bits per heavy atom. The second-order valence-corrected chi connectivity index (χ2v) is 9.75. The number of carbonyl (C=O) groups excluding carboxylic acids is 1. The second-order valence-electron chi connectivity index (χ2n) is 7.98. The average Bonchev–Trinajstić information content (AvgIpc) is 3.58. The number of rotatable bonds is 8. The number of aromatic nitrogens is 1. The van der Waals surface area contributed by atoms with E-state index >= 15 is 0 Å². The Hall–Kier alpha value is -3.23. The van der Waals surface area contributed by atoms with Crippen molar-refractivity contribution < 1.29 is 17.7 Å². The Labute approximate surface area is 187 Å². The first-order valence-corrected chi connectivity index (χ1v) is 11.9. The topological polar surface area (TPSA) is 101 Å². The van der Waals surface area contributed by atoms with Crippen LogP contribution in [0.1, 0.15) is 41.0 Å². The summed E-state index contributed by atoms with van der Waals surface area (Å²) in [5.74, 6) is 0.516. The molecule has 0 bridgehead atoms. The average molecular weight is 452 g/mol. The van der Waals surface area contributed by atoms with Crippen molar-refractivity contribution in [1.29, 1.82) is 0 Å². The minimum Gasteiger partial charge on any atom is -0.354 e. The molecule has 0 unspecified atom stereocenters. The van der Waals surface area contributed by atoms with Crippen LogP contribution in [0, 0.1) is 19.8 Å². The van der Waals surface area contributed by atoms with Crippen molar-refractivity contribution in [1.82, 2.24) is 9.88 Å². The molecule has 1 amide bonds. The maximum atomic E-state index is 12.6. The summed E-state index contributed by atoms with van der Waals surface area (Å²) in [6.45, 7) is 3.98. The van der Waals surface area contributed by atoms with Crippen molar-refractivity contribution in [3.63, 3.8) is 0 Å². The standard InChI is InChI=1S/C24H25N3O4S/c1-16-3-5-19(6-4-16)15-25-32(29,30)21-12-7-18(8-13-21)9-14-22-23(17(2)27-31-22)26-24(28)20-10-11-20/h3-9,12-14,20,25H,10-11,15H2,1-2H3,(H,26,28)/b14-9-. The summed E-state index contributed by atoms with van der Waals surface area (Å²) in [5.41, 5.74) is 3.98. The van der Waals surface area contributed by atoms with Crippen molar-refractivity contribution in [2.24, 2.45) is 5.92 Å². The predicted octanol–water partition coefficient (Wildman–Crippen LogP) is 4.29. The molecule has 0 atom stereocenters. The van der Waals surface area contributed by atoms with Crippen LogP contribution in [0.15, 0.2) is 57.9 Å². The zero-order valence-electron chi connectivity index (χ0n) is 18.0. The Morgan fingerprint density at radius 3 is 2.41 bits per heavy atom. The van der Waals surface area contributed by atoms with Gasteiger partial charge < -0.3 is 9.84 Å². The van der Waals surface area contributed by atoms with Gasteiger partial charge in [0, 0.05) is 12.5 Å². The van der Waals surface area contributed by atoms with Crippen LogP contribution in [-0.4, -0.2) is 19.5 Å². The zero-order chi connectivity index (χ0) is 22.7. The molecule has 1 heterocycles. The molecule has 8 heteroatoms. The van der Waals surface area contributed by atoms with Gasteiger partial charge in [-0.25, -0.2) is 13.1 Å². The third-order valence-electron chi connectivity index (χ3n) is 5.29. The highest BCUT2D eigenvalue weighted by molar-refractivity contribution is 7.89. The molecule has 166 valence electrons. The molecule has 4 rings (SSSR count). The number of amides is 1. The fraction of sp³-hybridized carbons (Fsp3) is 0.250. The van der Waals surface area contributed by atoms with Crippen LogP contribution in [0.2, 0.25) is 0 Å². The van der Waals surface area contributed by atoms with E-state index in [-0.39, 0.29) is 23.3 Å². The Morgan fingerprint density at radius 2 is 1.75 bits per heavy atom. The van der Waals surface area contributed by atoms with E-state index < -0.39 is 10.0 Å². The van der Waals surface area contributed by atoms with Crippen LogP contribution in [-0.2, 0) is 21.4 Å². The van der Waals surface area contributed by atoms with Crippen molar-refractivity contribution in [3.05, 3.63) is 76.7 Å². The minimum absolute atomic E-state index is 0.0151. The molecule has 2 N–H and O–H groups in total. The predicted molar refractivity (Wildman–Crippen MR) is 123 cm³/mol. The van der Waals surface area contributed by atoms with Gasteiger partial charge in [0.25, 0.3) is 0 Å². The molecular formula is C24H25N3O4S. The molecule has 2 aromatic carbocycles. The summed E-state index contributed by atoms with van der Waals surface area (Å²) >= 11 is 0. The van der Waals surface area contributed by atoms with E-state index in [1.807, 2.05) is 31.2 Å². The summed E-state index contributed by atoms with van der Waals surface area (Å²) in [6, 6.07) is 14.2. The molecule has 0 radical (unpaired) electrons. The number of hydrogen-bond acceptors (Lipinski definition) is 5. The zero-order valence-corrected chi connectivity index (χ0v) is 18.8. The third-order valence-corrected chi connectivity index (χ3v) is 6.71. The number of carbonyl (C=O) groups is 1. The summed E-state index contributed by atoms with van der Waals surface area (Å²) in [5, 5.41) is 6.81. The van der Waals surface area contributed by atoms with Gasteiger partial charge in [0.1, 0.15) is 11.4 Å². The Bertz CT molecular complexity index is 1240. The lowest BCUT2D eigenvalue weighted by Gasteiger charge is -2.07. The van der Waals surface area contributed by atoms with Gasteiger partial charge in [0.05, 0.1) is 4.90 Å². The van der Waals surface area contributed by atoms with Crippen LogP contribution in [0.5, 0.6) is 0 Å². The van der Waals surface area contributed by atoms with Gasteiger partial charge in [-0.05, 0) is 56.0 Å². The van der Waals surface area contributed by atoms with Gasteiger partial charge in [0.2, 0.25) is 15.9 Å². The first kappa shape index (κ1) is 22.0. The number of hydrogen-bond donors (Lipinski definition) is 2. The van der Waals surface area contributed by atoms with Crippen LogP contribution < -0.4 is 10.0 Å². The number of sulfonamides is 1. The second kappa shape index (κ2) is 9.10. The molecule has 1 aliphatic rings. The van der Waals surface area contributed by atoms with Gasteiger partial charge in [-0.15, -0.1) is 0 Å². The highest BCUT2D eigenvalue weighted by Gasteiger charge is 2.30. The monoisotopic (exact) mass is 451 g/mol. The minimum atomic E-state index is -3.62. The number of nitrogens with one attached hydrogen (secondary N) is 2. The van der Waals surface area contributed by atoms with E-state index in [0.29, 0.717) is 17.1 Å². The molecule has 1 fully saturated rings. The number of anilines is 1. The highest BCUT2D eigenvalue weighted by atomic mass is 32.2. The van der Waals surface area contributed by atoms with Gasteiger partial charge in [-0.2, -0.15) is 0 Å². The van der Waals surface area contributed by atoms with Gasteiger partial charge in [-0.3, -0.25) is 4.79 Å². The smallest absolute Gasteiger partial charge is 0.240 e. The van der Waals surface area contributed by atoms with Crippen molar-refractivity contribution in [2.75, 3.05) is 5.32 Å². The molecule has 1 saturated carbocycles. The quantitative estimate of drug-likeness (QED) is 0.532. The number of benzene rings is 2. The molecule has 3 aromatic rings.